The van der Waals surface area contributed by atoms with Gasteiger partial charge in [0.25, 0.3) is 0 Å². The minimum Gasteiger partial charge on any atom is -0.616 e. The molecule has 4 nitrogen and oxygen atoms in total. The van der Waals surface area contributed by atoms with Crippen LogP contribution in [0.3, 0.4) is 0 Å². The van der Waals surface area contributed by atoms with Gasteiger partial charge in [-0.05, 0) is 25.0 Å². The molecule has 1 aromatic heterocycles. The van der Waals surface area contributed by atoms with Gasteiger partial charge in [-0.3, -0.25) is 4.79 Å². The fourth-order valence-corrected chi connectivity index (χ4v) is 3.55. The lowest BCUT2D eigenvalue weighted by molar-refractivity contribution is 0.103. The molecule has 0 spiro atoms. The Bertz CT molecular complexity index is 726. The number of nitrogens with zero attached hydrogens (tertiary/aromatic N) is 1. The molecule has 1 fully saturated rings. The molecular weight excluding hydrogens is 345 g/mol. The quantitative estimate of drug-likeness (QED) is 0.599. The van der Waals surface area contributed by atoms with Gasteiger partial charge in [-0.1, -0.05) is 39.5 Å². The van der Waals surface area contributed by atoms with Gasteiger partial charge in [0.15, 0.2) is 11.5 Å². The first-order chi connectivity index (χ1) is 10.5. The SMILES string of the molecule is C[S+]([O-])Cc1c(C(=O)c2cnoc2C2CC2)ccc(Cl)c1Cl. The van der Waals surface area contributed by atoms with E-state index in [0.29, 0.717) is 27.5 Å². The van der Waals surface area contributed by atoms with E-state index in [1.54, 1.807) is 18.4 Å². The maximum atomic E-state index is 12.8. The Hall–Kier alpha value is -1.01. The molecule has 7 heteroatoms. The highest BCUT2D eigenvalue weighted by atomic mass is 35.5. The first kappa shape index (κ1) is 15.9. The van der Waals surface area contributed by atoms with Gasteiger partial charge in [-0.25, -0.2) is 0 Å². The summed E-state index contributed by atoms with van der Waals surface area (Å²) in [6, 6.07) is 3.19. The molecule has 0 aliphatic heterocycles. The van der Waals surface area contributed by atoms with Crippen molar-refractivity contribution in [3.63, 3.8) is 0 Å². The summed E-state index contributed by atoms with van der Waals surface area (Å²) in [5, 5.41) is 4.36. The van der Waals surface area contributed by atoms with Crippen molar-refractivity contribution in [2.45, 2.75) is 24.5 Å². The number of hydrogen-bond acceptors (Lipinski definition) is 4. The first-order valence-electron chi connectivity index (χ1n) is 6.75. The second kappa shape index (κ2) is 6.24. The zero-order valence-corrected chi connectivity index (χ0v) is 14.1. The zero-order valence-electron chi connectivity index (χ0n) is 11.8. The van der Waals surface area contributed by atoms with Crippen LogP contribution in [-0.2, 0) is 16.9 Å². The Morgan fingerprint density at radius 1 is 1.41 bits per heavy atom. The monoisotopic (exact) mass is 357 g/mol. The minimum absolute atomic E-state index is 0.171. The summed E-state index contributed by atoms with van der Waals surface area (Å²) in [5.74, 6) is 0.847. The van der Waals surface area contributed by atoms with Crippen molar-refractivity contribution in [3.8, 4) is 0 Å². The van der Waals surface area contributed by atoms with Crippen LogP contribution in [0.1, 0.15) is 46.0 Å². The van der Waals surface area contributed by atoms with Gasteiger partial charge in [0.1, 0.15) is 5.75 Å². The summed E-state index contributed by atoms with van der Waals surface area (Å²) < 4.78 is 16.8. The second-order valence-electron chi connectivity index (χ2n) is 5.31. The predicted octanol–water partition coefficient (Wildman–Crippen LogP) is 3.97. The molecule has 2 aromatic rings. The molecule has 116 valence electrons. The third kappa shape index (κ3) is 3.04. The zero-order chi connectivity index (χ0) is 15.9. The second-order valence-corrected chi connectivity index (χ2v) is 7.53. The highest BCUT2D eigenvalue weighted by Crippen LogP contribution is 2.42. The van der Waals surface area contributed by atoms with Crippen molar-refractivity contribution in [2.24, 2.45) is 0 Å². The molecule has 0 saturated heterocycles. The summed E-state index contributed by atoms with van der Waals surface area (Å²) in [7, 11) is 0. The van der Waals surface area contributed by atoms with Crippen molar-refractivity contribution < 1.29 is 13.9 Å². The van der Waals surface area contributed by atoms with Crippen molar-refractivity contribution in [3.05, 3.63) is 50.8 Å². The van der Waals surface area contributed by atoms with Crippen LogP contribution in [0.25, 0.3) is 0 Å². The summed E-state index contributed by atoms with van der Waals surface area (Å²) >= 11 is 11.1. The van der Waals surface area contributed by atoms with Crippen molar-refractivity contribution >= 4 is 40.2 Å². The van der Waals surface area contributed by atoms with Gasteiger partial charge in [0, 0.05) is 17.0 Å². The van der Waals surface area contributed by atoms with Crippen LogP contribution in [-0.4, -0.2) is 21.7 Å². The van der Waals surface area contributed by atoms with Gasteiger partial charge in [-0.15, -0.1) is 0 Å². The smallest absolute Gasteiger partial charge is 0.198 e. The van der Waals surface area contributed by atoms with Crippen molar-refractivity contribution in [1.82, 2.24) is 5.16 Å². The number of carbonyl (C=O) groups is 1. The third-order valence-corrected chi connectivity index (χ3v) is 5.12. The maximum absolute atomic E-state index is 12.8. The van der Waals surface area contributed by atoms with Crippen molar-refractivity contribution in [2.75, 3.05) is 6.26 Å². The third-order valence-electron chi connectivity index (χ3n) is 3.58. The van der Waals surface area contributed by atoms with Crippen LogP contribution in [0.4, 0.5) is 0 Å². The fraction of sp³-hybridized carbons (Fsp3) is 0.333. The molecule has 1 heterocycles. The Labute approximate surface area is 141 Å². The predicted molar refractivity (Wildman–Crippen MR) is 86.1 cm³/mol. The molecule has 0 amide bonds. The standard InChI is InChI=1S/C15H13Cl2NO3S/c1-22(20)7-11-9(4-5-12(16)13(11)17)14(19)10-6-18-21-15(10)8-2-3-8/h4-6,8H,2-3,7H2,1H3. The van der Waals surface area contributed by atoms with Crippen LogP contribution in [0.5, 0.6) is 0 Å². The number of halogens is 2. The molecule has 1 aromatic carbocycles. The summed E-state index contributed by atoms with van der Waals surface area (Å²) in [6.45, 7) is 0. The van der Waals surface area contributed by atoms with Gasteiger partial charge >= 0.3 is 0 Å². The largest absolute Gasteiger partial charge is 0.616 e. The number of rotatable bonds is 5. The molecular formula is C15H13Cl2NO3S. The molecule has 0 bridgehead atoms. The Balaban J connectivity index is 2.05. The summed E-state index contributed by atoms with van der Waals surface area (Å²) in [5.41, 5.74) is 1.35. The van der Waals surface area contributed by atoms with E-state index in [4.69, 9.17) is 27.7 Å². The van der Waals surface area contributed by atoms with E-state index < -0.39 is 11.2 Å². The Morgan fingerprint density at radius 3 is 2.77 bits per heavy atom. The number of aromatic nitrogens is 1. The van der Waals surface area contributed by atoms with Crippen molar-refractivity contribution in [1.29, 1.82) is 0 Å². The van der Waals surface area contributed by atoms with E-state index in [0.717, 1.165) is 12.8 Å². The highest BCUT2D eigenvalue weighted by molar-refractivity contribution is 7.89. The lowest BCUT2D eigenvalue weighted by Crippen LogP contribution is -2.11. The first-order valence-corrected chi connectivity index (χ1v) is 9.23. The summed E-state index contributed by atoms with van der Waals surface area (Å²) in [6.07, 6.45) is 5.00. The maximum Gasteiger partial charge on any atom is 0.198 e. The topological polar surface area (TPSA) is 66.2 Å². The fourth-order valence-electron chi connectivity index (χ4n) is 2.35. The average molecular weight is 358 g/mol. The van der Waals surface area contributed by atoms with Gasteiger partial charge in [-0.2, -0.15) is 0 Å². The van der Waals surface area contributed by atoms with Crippen LogP contribution in [0, 0.1) is 0 Å². The lowest BCUT2D eigenvalue weighted by Gasteiger charge is -2.12. The molecule has 1 atom stereocenters. The number of ketones is 1. The molecule has 22 heavy (non-hydrogen) atoms. The summed E-state index contributed by atoms with van der Waals surface area (Å²) in [4.78, 5) is 12.8. The van der Waals surface area contributed by atoms with E-state index in [2.05, 4.69) is 5.16 Å². The number of carbonyl (C=O) groups excluding carboxylic acids is 1. The van der Waals surface area contributed by atoms with Gasteiger partial charge in [0.05, 0.1) is 28.1 Å². The van der Waals surface area contributed by atoms with E-state index in [1.165, 1.54) is 6.20 Å². The van der Waals surface area contributed by atoms with Crippen LogP contribution in [0.15, 0.2) is 22.9 Å². The Kier molecular flexibility index (Phi) is 4.50. The van der Waals surface area contributed by atoms with Gasteiger partial charge in [0.2, 0.25) is 0 Å². The normalized spacial score (nSPS) is 15.8. The van der Waals surface area contributed by atoms with E-state index in [-0.39, 0.29) is 22.5 Å². The molecule has 0 N–H and O–H groups in total. The van der Waals surface area contributed by atoms with Crippen LogP contribution < -0.4 is 0 Å². The molecule has 1 aliphatic carbocycles. The molecule has 0 radical (unpaired) electrons. The van der Waals surface area contributed by atoms with Gasteiger partial charge < -0.3 is 9.08 Å². The van der Waals surface area contributed by atoms with Crippen LogP contribution in [0.2, 0.25) is 10.0 Å². The minimum atomic E-state index is -1.14. The molecule has 3 rings (SSSR count). The number of benzene rings is 1. The Morgan fingerprint density at radius 2 is 2.14 bits per heavy atom. The highest BCUT2D eigenvalue weighted by Gasteiger charge is 2.33. The van der Waals surface area contributed by atoms with E-state index >= 15 is 0 Å². The molecule has 1 unspecified atom stereocenters. The number of hydrogen-bond donors (Lipinski definition) is 0. The van der Waals surface area contributed by atoms with E-state index in [9.17, 15) is 9.35 Å². The average Bonchev–Trinajstić information content (AvgIpc) is 3.20. The van der Waals surface area contributed by atoms with E-state index in [1.807, 2.05) is 0 Å². The lowest BCUT2D eigenvalue weighted by atomic mass is 9.98. The molecule has 1 saturated carbocycles. The molecule has 1 aliphatic rings. The van der Waals surface area contributed by atoms with Crippen LogP contribution >= 0.6 is 23.2 Å².